The van der Waals surface area contributed by atoms with E-state index in [1.807, 2.05) is 0 Å². The lowest BCUT2D eigenvalue weighted by Crippen LogP contribution is -2.16. The standard InChI is InChI=1S/C13H11FN4OS.ClH/c1-6(15)12-17-9-4-10(20-11(9)13(19)18-12)7-2-3-16-5-8(7)14;/h2-6H,15H2,1H3,(H,17,18,19);1H/t6-;/m0./s1. The van der Waals surface area contributed by atoms with Crippen molar-refractivity contribution in [1.29, 1.82) is 0 Å². The summed E-state index contributed by atoms with van der Waals surface area (Å²) >= 11 is 1.20. The van der Waals surface area contributed by atoms with Gasteiger partial charge in [0.25, 0.3) is 5.56 Å². The van der Waals surface area contributed by atoms with Gasteiger partial charge in [0.1, 0.15) is 16.3 Å². The van der Waals surface area contributed by atoms with Gasteiger partial charge in [-0.25, -0.2) is 9.37 Å². The smallest absolute Gasteiger partial charge is 0.268 e. The monoisotopic (exact) mass is 326 g/mol. The van der Waals surface area contributed by atoms with E-state index in [4.69, 9.17) is 5.73 Å². The van der Waals surface area contributed by atoms with Gasteiger partial charge in [-0.3, -0.25) is 9.78 Å². The second-order valence-corrected chi connectivity index (χ2v) is 5.47. The van der Waals surface area contributed by atoms with Crippen LogP contribution in [0.1, 0.15) is 18.8 Å². The van der Waals surface area contributed by atoms with Crippen molar-refractivity contribution in [3.8, 4) is 10.4 Å². The summed E-state index contributed by atoms with van der Waals surface area (Å²) in [4.78, 5) is 23.3. The van der Waals surface area contributed by atoms with Crippen LogP contribution >= 0.6 is 23.7 Å². The van der Waals surface area contributed by atoms with Gasteiger partial charge in [0.05, 0.1) is 17.8 Å². The molecular weight excluding hydrogens is 315 g/mol. The first-order valence-corrected chi connectivity index (χ1v) is 6.77. The summed E-state index contributed by atoms with van der Waals surface area (Å²) in [6, 6.07) is 2.90. The third-order valence-corrected chi connectivity index (χ3v) is 4.03. The number of hydrogen-bond donors (Lipinski definition) is 2. The van der Waals surface area contributed by atoms with Crippen LogP contribution in [-0.2, 0) is 0 Å². The second kappa shape index (κ2) is 5.88. The van der Waals surface area contributed by atoms with E-state index in [1.54, 1.807) is 19.1 Å². The molecule has 3 aromatic rings. The van der Waals surface area contributed by atoms with Gasteiger partial charge in [0.2, 0.25) is 0 Å². The van der Waals surface area contributed by atoms with Gasteiger partial charge in [-0.2, -0.15) is 0 Å². The van der Waals surface area contributed by atoms with E-state index in [9.17, 15) is 9.18 Å². The maximum atomic E-state index is 13.7. The zero-order valence-electron chi connectivity index (χ0n) is 11.0. The molecule has 0 saturated carbocycles. The molecular formula is C13H12ClFN4OS. The van der Waals surface area contributed by atoms with Crippen molar-refractivity contribution in [3.05, 3.63) is 46.5 Å². The number of fused-ring (bicyclic) bond motifs is 1. The molecule has 8 heteroatoms. The van der Waals surface area contributed by atoms with Crippen LogP contribution in [0.25, 0.3) is 20.7 Å². The molecule has 21 heavy (non-hydrogen) atoms. The highest BCUT2D eigenvalue weighted by atomic mass is 35.5. The molecule has 0 aromatic carbocycles. The first-order valence-electron chi connectivity index (χ1n) is 5.95. The summed E-state index contributed by atoms with van der Waals surface area (Å²) in [6.07, 6.45) is 2.65. The Morgan fingerprint density at radius 3 is 2.90 bits per heavy atom. The Morgan fingerprint density at radius 1 is 1.48 bits per heavy atom. The summed E-state index contributed by atoms with van der Waals surface area (Å²) in [6.45, 7) is 1.74. The van der Waals surface area contributed by atoms with Crippen LogP contribution in [-0.4, -0.2) is 15.0 Å². The van der Waals surface area contributed by atoms with Crippen LogP contribution in [0.15, 0.2) is 29.3 Å². The van der Waals surface area contributed by atoms with E-state index in [2.05, 4.69) is 15.0 Å². The SMILES string of the molecule is C[C@H](N)c1nc2cc(-c3ccncc3F)sc2c(=O)[nH]1.Cl. The predicted molar refractivity (Wildman–Crippen MR) is 83.3 cm³/mol. The number of nitrogens with zero attached hydrogens (tertiary/aromatic N) is 2. The number of rotatable bonds is 2. The van der Waals surface area contributed by atoms with Crippen molar-refractivity contribution in [1.82, 2.24) is 15.0 Å². The van der Waals surface area contributed by atoms with Gasteiger partial charge in [0.15, 0.2) is 0 Å². The highest BCUT2D eigenvalue weighted by Crippen LogP contribution is 2.32. The zero-order valence-corrected chi connectivity index (χ0v) is 12.6. The van der Waals surface area contributed by atoms with E-state index in [0.717, 1.165) is 6.20 Å². The molecule has 5 nitrogen and oxygen atoms in total. The van der Waals surface area contributed by atoms with Gasteiger partial charge < -0.3 is 10.7 Å². The Balaban J connectivity index is 0.00000161. The van der Waals surface area contributed by atoms with Gasteiger partial charge in [-0.15, -0.1) is 23.7 Å². The Labute approximate surface area is 129 Å². The summed E-state index contributed by atoms with van der Waals surface area (Å²) < 4.78 is 14.2. The van der Waals surface area contributed by atoms with Gasteiger partial charge in [0, 0.05) is 16.6 Å². The molecule has 1 atom stereocenters. The van der Waals surface area contributed by atoms with E-state index in [0.29, 0.717) is 26.5 Å². The molecule has 0 aliphatic heterocycles. The first-order chi connectivity index (χ1) is 9.56. The van der Waals surface area contributed by atoms with Crippen LogP contribution in [0.5, 0.6) is 0 Å². The molecule has 0 bridgehead atoms. The average Bonchev–Trinajstić information content (AvgIpc) is 2.83. The third-order valence-electron chi connectivity index (χ3n) is 2.87. The van der Waals surface area contributed by atoms with Crippen LogP contribution < -0.4 is 11.3 Å². The first kappa shape index (κ1) is 15.6. The molecule has 0 radical (unpaired) electrons. The molecule has 0 saturated heterocycles. The number of nitrogens with two attached hydrogens (primary N) is 1. The fraction of sp³-hybridized carbons (Fsp3) is 0.154. The predicted octanol–water partition coefficient (Wildman–Crippen LogP) is 2.63. The summed E-state index contributed by atoms with van der Waals surface area (Å²) in [5.41, 5.74) is 6.39. The van der Waals surface area contributed by atoms with Gasteiger partial charge >= 0.3 is 0 Å². The average molecular weight is 327 g/mol. The number of aromatic amines is 1. The Bertz CT molecular complexity index is 846. The molecule has 3 heterocycles. The lowest BCUT2D eigenvalue weighted by molar-refractivity contribution is 0.625. The Morgan fingerprint density at radius 2 is 2.24 bits per heavy atom. The normalized spacial score (nSPS) is 12.1. The van der Waals surface area contributed by atoms with Crippen LogP contribution in [0, 0.1) is 5.82 Å². The molecule has 0 spiro atoms. The van der Waals surface area contributed by atoms with Crippen molar-refractivity contribution in [2.24, 2.45) is 5.73 Å². The number of pyridine rings is 1. The lowest BCUT2D eigenvalue weighted by atomic mass is 10.2. The fourth-order valence-corrected chi connectivity index (χ4v) is 2.90. The van der Waals surface area contributed by atoms with E-state index >= 15 is 0 Å². The number of aromatic nitrogens is 3. The van der Waals surface area contributed by atoms with Gasteiger partial charge in [-0.1, -0.05) is 0 Å². The molecule has 3 aromatic heterocycles. The van der Waals surface area contributed by atoms with Crippen molar-refractivity contribution < 1.29 is 4.39 Å². The zero-order chi connectivity index (χ0) is 14.3. The minimum Gasteiger partial charge on any atom is -0.322 e. The van der Waals surface area contributed by atoms with Crippen LogP contribution in [0.3, 0.4) is 0 Å². The van der Waals surface area contributed by atoms with Crippen LogP contribution in [0.2, 0.25) is 0 Å². The fourth-order valence-electron chi connectivity index (χ4n) is 1.88. The molecule has 0 aliphatic rings. The number of halogens is 2. The number of H-pyrrole nitrogens is 1. The molecule has 110 valence electrons. The van der Waals surface area contributed by atoms with Crippen molar-refractivity contribution in [3.63, 3.8) is 0 Å². The van der Waals surface area contributed by atoms with E-state index < -0.39 is 5.82 Å². The number of hydrogen-bond acceptors (Lipinski definition) is 5. The Hall–Kier alpha value is -1.83. The van der Waals surface area contributed by atoms with Crippen molar-refractivity contribution >= 4 is 34.0 Å². The van der Waals surface area contributed by atoms with Crippen molar-refractivity contribution in [2.45, 2.75) is 13.0 Å². The number of nitrogens with one attached hydrogen (secondary N) is 1. The minimum absolute atomic E-state index is 0. The highest BCUT2D eigenvalue weighted by Gasteiger charge is 2.13. The summed E-state index contributed by atoms with van der Waals surface area (Å²) in [5, 5.41) is 0. The Kier molecular flexibility index (Phi) is 4.36. The molecule has 0 fully saturated rings. The second-order valence-electron chi connectivity index (χ2n) is 4.42. The lowest BCUT2D eigenvalue weighted by Gasteiger charge is -2.02. The molecule has 0 aliphatic carbocycles. The largest absolute Gasteiger partial charge is 0.322 e. The molecule has 0 amide bonds. The van der Waals surface area contributed by atoms with Gasteiger partial charge in [-0.05, 0) is 19.1 Å². The van der Waals surface area contributed by atoms with Crippen molar-refractivity contribution in [2.75, 3.05) is 0 Å². The minimum atomic E-state index is -0.428. The highest BCUT2D eigenvalue weighted by molar-refractivity contribution is 7.22. The maximum Gasteiger partial charge on any atom is 0.268 e. The summed E-state index contributed by atoms with van der Waals surface area (Å²) in [7, 11) is 0. The maximum absolute atomic E-state index is 13.7. The quantitative estimate of drug-likeness (QED) is 0.758. The van der Waals surface area contributed by atoms with Crippen LogP contribution in [0.4, 0.5) is 4.39 Å². The number of thiophene rings is 1. The molecule has 3 rings (SSSR count). The topological polar surface area (TPSA) is 84.7 Å². The molecule has 3 N–H and O–H groups in total. The summed E-state index contributed by atoms with van der Waals surface area (Å²) in [5.74, 6) is -0.00930. The van der Waals surface area contributed by atoms with E-state index in [1.165, 1.54) is 17.5 Å². The van der Waals surface area contributed by atoms with E-state index in [-0.39, 0.29) is 24.0 Å². The molecule has 0 unspecified atom stereocenters. The third kappa shape index (κ3) is 2.80.